The van der Waals surface area contributed by atoms with Gasteiger partial charge < -0.3 is 0 Å². The maximum atomic E-state index is 6.20. The van der Waals surface area contributed by atoms with E-state index in [1.807, 2.05) is 41.1 Å². The minimum Gasteiger partial charge on any atom is -0.228 e. The van der Waals surface area contributed by atoms with E-state index in [0.29, 0.717) is 10.2 Å². The van der Waals surface area contributed by atoms with Crippen molar-refractivity contribution in [2.45, 2.75) is 22.5 Å². The SMILES string of the molecule is CC(c1ccccc1)n1nnnc1Sc1nc2c(Cl)cccc2s1. The number of benzene rings is 2. The number of thiazole rings is 1. The van der Waals surface area contributed by atoms with Crippen LogP contribution >= 0.6 is 34.7 Å². The molecule has 120 valence electrons. The Hall–Kier alpha value is -1.96. The standard InChI is InChI=1S/C16H12ClN5S2/c1-10(11-6-3-2-4-7-11)22-15(19-20-21-22)24-16-18-14-12(17)8-5-9-13(14)23-16/h2-10H,1H3. The van der Waals surface area contributed by atoms with Crippen molar-refractivity contribution < 1.29 is 0 Å². The molecular weight excluding hydrogens is 362 g/mol. The molecular formula is C16H12ClN5S2. The molecule has 8 heteroatoms. The second-order valence-corrected chi connectivity index (χ2v) is 7.81. The summed E-state index contributed by atoms with van der Waals surface area (Å²) < 4.78 is 3.74. The highest BCUT2D eigenvalue weighted by molar-refractivity contribution is 8.01. The average Bonchev–Trinajstić information content (AvgIpc) is 3.23. The van der Waals surface area contributed by atoms with E-state index >= 15 is 0 Å². The molecule has 1 unspecified atom stereocenters. The number of nitrogens with zero attached hydrogens (tertiary/aromatic N) is 5. The molecule has 0 amide bonds. The van der Waals surface area contributed by atoms with Crippen LogP contribution in [0.1, 0.15) is 18.5 Å². The van der Waals surface area contributed by atoms with E-state index in [1.54, 1.807) is 11.3 Å². The van der Waals surface area contributed by atoms with E-state index in [-0.39, 0.29) is 6.04 Å². The van der Waals surface area contributed by atoms with Gasteiger partial charge in [-0.2, -0.15) is 0 Å². The highest BCUT2D eigenvalue weighted by atomic mass is 35.5. The van der Waals surface area contributed by atoms with Crippen LogP contribution < -0.4 is 0 Å². The fourth-order valence-corrected chi connectivity index (χ4v) is 4.70. The number of para-hydroxylation sites is 1. The Morgan fingerprint density at radius 2 is 1.96 bits per heavy atom. The third-order valence-corrected chi connectivity index (χ3v) is 5.98. The number of hydrogen-bond acceptors (Lipinski definition) is 6. The summed E-state index contributed by atoms with van der Waals surface area (Å²) in [5, 5.41) is 13.5. The Morgan fingerprint density at radius 3 is 2.75 bits per heavy atom. The zero-order valence-electron chi connectivity index (χ0n) is 12.6. The lowest BCUT2D eigenvalue weighted by Crippen LogP contribution is -2.09. The summed E-state index contributed by atoms with van der Waals surface area (Å²) in [4.78, 5) is 4.60. The molecule has 2 aromatic carbocycles. The van der Waals surface area contributed by atoms with Gasteiger partial charge in [-0.3, -0.25) is 0 Å². The number of halogens is 1. The molecule has 2 aromatic heterocycles. The Morgan fingerprint density at radius 1 is 1.12 bits per heavy atom. The van der Waals surface area contributed by atoms with Crippen molar-refractivity contribution in [1.29, 1.82) is 0 Å². The summed E-state index contributed by atoms with van der Waals surface area (Å²) in [7, 11) is 0. The number of hydrogen-bond donors (Lipinski definition) is 0. The van der Waals surface area contributed by atoms with Gasteiger partial charge >= 0.3 is 0 Å². The van der Waals surface area contributed by atoms with Gasteiger partial charge in [0, 0.05) is 0 Å². The first-order chi connectivity index (χ1) is 11.7. The minimum atomic E-state index is 0.0432. The molecule has 4 rings (SSSR count). The van der Waals surface area contributed by atoms with Gasteiger partial charge in [-0.25, -0.2) is 9.67 Å². The first-order valence-corrected chi connectivity index (χ1v) is 9.29. The van der Waals surface area contributed by atoms with Crippen LogP contribution in [0.4, 0.5) is 0 Å². The summed E-state index contributed by atoms with van der Waals surface area (Å²) >= 11 is 9.24. The quantitative estimate of drug-likeness (QED) is 0.519. The van der Waals surface area contributed by atoms with Crippen molar-refractivity contribution >= 4 is 44.9 Å². The molecule has 24 heavy (non-hydrogen) atoms. The predicted octanol–water partition coefficient (Wildman–Crippen LogP) is 4.70. The first kappa shape index (κ1) is 15.6. The lowest BCUT2D eigenvalue weighted by atomic mass is 10.1. The lowest BCUT2D eigenvalue weighted by molar-refractivity contribution is 0.504. The highest BCUT2D eigenvalue weighted by Gasteiger charge is 2.17. The van der Waals surface area contributed by atoms with Gasteiger partial charge in [-0.1, -0.05) is 48.0 Å². The second kappa shape index (κ2) is 6.51. The van der Waals surface area contributed by atoms with Crippen LogP contribution in [0, 0.1) is 0 Å². The van der Waals surface area contributed by atoms with Crippen LogP contribution in [0.2, 0.25) is 5.02 Å². The number of tetrazole rings is 1. The molecule has 2 heterocycles. The van der Waals surface area contributed by atoms with E-state index in [1.165, 1.54) is 11.8 Å². The van der Waals surface area contributed by atoms with E-state index in [2.05, 4.69) is 39.6 Å². The Kier molecular flexibility index (Phi) is 4.22. The Bertz CT molecular complexity index is 982. The Balaban J connectivity index is 1.66. The van der Waals surface area contributed by atoms with Gasteiger partial charge in [-0.05, 0) is 46.8 Å². The largest absolute Gasteiger partial charge is 0.228 e. The fraction of sp³-hybridized carbons (Fsp3) is 0.125. The van der Waals surface area contributed by atoms with Crippen molar-refractivity contribution in [2.75, 3.05) is 0 Å². The second-order valence-electron chi connectivity index (χ2n) is 5.16. The minimum absolute atomic E-state index is 0.0432. The summed E-state index contributed by atoms with van der Waals surface area (Å²) in [6.45, 7) is 2.07. The van der Waals surface area contributed by atoms with Crippen molar-refractivity contribution in [3.8, 4) is 0 Å². The van der Waals surface area contributed by atoms with Crippen LogP contribution in [-0.4, -0.2) is 25.2 Å². The number of aromatic nitrogens is 5. The number of fused-ring (bicyclic) bond motifs is 1. The van der Waals surface area contributed by atoms with E-state index in [4.69, 9.17) is 11.6 Å². The fourth-order valence-electron chi connectivity index (χ4n) is 2.38. The van der Waals surface area contributed by atoms with Crippen LogP contribution in [0.15, 0.2) is 58.0 Å². The molecule has 0 saturated heterocycles. The zero-order chi connectivity index (χ0) is 16.5. The molecule has 4 aromatic rings. The summed E-state index contributed by atoms with van der Waals surface area (Å²) in [5.41, 5.74) is 1.97. The van der Waals surface area contributed by atoms with Crippen LogP contribution in [-0.2, 0) is 0 Å². The van der Waals surface area contributed by atoms with Gasteiger partial charge in [0.05, 0.1) is 15.8 Å². The molecule has 0 fully saturated rings. The highest BCUT2D eigenvalue weighted by Crippen LogP contribution is 2.36. The van der Waals surface area contributed by atoms with E-state index in [9.17, 15) is 0 Å². The third kappa shape index (κ3) is 2.90. The lowest BCUT2D eigenvalue weighted by Gasteiger charge is -2.12. The van der Waals surface area contributed by atoms with Crippen molar-refractivity contribution in [3.63, 3.8) is 0 Å². The summed E-state index contributed by atoms with van der Waals surface area (Å²) in [6.07, 6.45) is 0. The maximum absolute atomic E-state index is 6.20. The van der Waals surface area contributed by atoms with Crippen LogP contribution in [0.5, 0.6) is 0 Å². The molecule has 0 radical (unpaired) electrons. The van der Waals surface area contributed by atoms with Crippen molar-refractivity contribution in [3.05, 3.63) is 59.1 Å². The Labute approximate surface area is 151 Å². The zero-order valence-corrected chi connectivity index (χ0v) is 15.0. The average molecular weight is 374 g/mol. The van der Waals surface area contributed by atoms with E-state index in [0.717, 1.165) is 20.1 Å². The van der Waals surface area contributed by atoms with Crippen molar-refractivity contribution in [1.82, 2.24) is 25.2 Å². The molecule has 0 bridgehead atoms. The van der Waals surface area contributed by atoms with Gasteiger partial charge in [0.1, 0.15) is 5.52 Å². The van der Waals surface area contributed by atoms with Gasteiger partial charge in [0.25, 0.3) is 0 Å². The molecule has 0 N–H and O–H groups in total. The van der Waals surface area contributed by atoms with Crippen LogP contribution in [0.3, 0.4) is 0 Å². The summed E-state index contributed by atoms with van der Waals surface area (Å²) in [6, 6.07) is 16.0. The third-order valence-electron chi connectivity index (χ3n) is 3.64. The summed E-state index contributed by atoms with van der Waals surface area (Å²) in [5.74, 6) is 0. The number of rotatable bonds is 4. The molecule has 0 spiro atoms. The van der Waals surface area contributed by atoms with Crippen LogP contribution in [0.25, 0.3) is 10.2 Å². The van der Waals surface area contributed by atoms with Crippen molar-refractivity contribution in [2.24, 2.45) is 0 Å². The predicted molar refractivity (Wildman–Crippen MR) is 96.8 cm³/mol. The monoisotopic (exact) mass is 373 g/mol. The smallest absolute Gasteiger partial charge is 0.216 e. The molecule has 0 saturated carbocycles. The molecule has 0 aliphatic rings. The molecule has 0 aliphatic heterocycles. The van der Waals surface area contributed by atoms with Gasteiger partial charge in [0.2, 0.25) is 5.16 Å². The van der Waals surface area contributed by atoms with Gasteiger partial charge in [-0.15, -0.1) is 16.4 Å². The molecule has 5 nitrogen and oxygen atoms in total. The first-order valence-electron chi connectivity index (χ1n) is 7.28. The van der Waals surface area contributed by atoms with Gasteiger partial charge in [0.15, 0.2) is 4.34 Å². The topological polar surface area (TPSA) is 56.5 Å². The van der Waals surface area contributed by atoms with E-state index < -0.39 is 0 Å². The molecule has 1 atom stereocenters. The molecule has 0 aliphatic carbocycles. The normalized spacial score (nSPS) is 12.6. The maximum Gasteiger partial charge on any atom is 0.216 e.